The third kappa shape index (κ3) is 3.22. The lowest BCUT2D eigenvalue weighted by Crippen LogP contribution is -2.47. The van der Waals surface area contributed by atoms with Crippen LogP contribution in [0.3, 0.4) is 0 Å². The molecule has 4 atom stereocenters. The van der Waals surface area contributed by atoms with Gasteiger partial charge in [0, 0.05) is 4.48 Å². The first kappa shape index (κ1) is 15.2. The van der Waals surface area contributed by atoms with Crippen molar-refractivity contribution in [2.24, 2.45) is 0 Å². The van der Waals surface area contributed by atoms with E-state index in [0.717, 1.165) is 10.0 Å². The highest BCUT2D eigenvalue weighted by Gasteiger charge is 2.50. The average Bonchev–Trinajstić information content (AvgIpc) is 2.79. The van der Waals surface area contributed by atoms with E-state index >= 15 is 0 Å². The molecule has 4 nitrogen and oxygen atoms in total. The molecule has 1 aliphatic carbocycles. The van der Waals surface area contributed by atoms with Crippen molar-refractivity contribution in [3.8, 4) is 0 Å². The molecule has 0 saturated carbocycles. The molecule has 1 aliphatic heterocycles. The Bertz CT molecular complexity index is 528. The van der Waals surface area contributed by atoms with Crippen molar-refractivity contribution < 1.29 is 19.3 Å². The zero-order valence-corrected chi connectivity index (χ0v) is 13.6. The van der Waals surface area contributed by atoms with Crippen molar-refractivity contribution in [3.05, 3.63) is 46.5 Å². The number of benzene rings is 1. The Morgan fingerprint density at radius 1 is 1.24 bits per heavy atom. The molecule has 1 heterocycles. The lowest BCUT2D eigenvalue weighted by molar-refractivity contribution is -0.161. The molecule has 3 rings (SSSR count). The van der Waals surface area contributed by atoms with Gasteiger partial charge < -0.3 is 19.3 Å². The van der Waals surface area contributed by atoms with Crippen molar-refractivity contribution in [1.82, 2.24) is 0 Å². The van der Waals surface area contributed by atoms with E-state index < -0.39 is 24.1 Å². The van der Waals surface area contributed by atoms with Gasteiger partial charge in [-0.05, 0) is 25.5 Å². The topological polar surface area (TPSA) is 47.9 Å². The molecule has 1 aromatic carbocycles. The molecular weight excluding hydrogens is 336 g/mol. The second-order valence-electron chi connectivity index (χ2n) is 5.82. The first-order valence-corrected chi connectivity index (χ1v) is 7.82. The largest absolute Gasteiger partial charge is 0.387 e. The van der Waals surface area contributed by atoms with E-state index in [1.807, 2.05) is 50.3 Å². The monoisotopic (exact) mass is 354 g/mol. The molecule has 0 unspecified atom stereocenters. The summed E-state index contributed by atoms with van der Waals surface area (Å²) in [6.07, 6.45) is 0.00587. The van der Waals surface area contributed by atoms with E-state index in [1.165, 1.54) is 0 Å². The van der Waals surface area contributed by atoms with E-state index in [2.05, 4.69) is 15.9 Å². The second kappa shape index (κ2) is 5.82. The SMILES string of the molecule is CC1(C)O[C@H]2[C@@H](O)[C@H](OCc3ccccc3)C=C(Br)[C@H]2O1. The predicted molar refractivity (Wildman–Crippen MR) is 81.9 cm³/mol. The van der Waals surface area contributed by atoms with Crippen molar-refractivity contribution in [1.29, 1.82) is 0 Å². The Morgan fingerprint density at radius 3 is 2.67 bits per heavy atom. The molecule has 1 N–H and O–H groups in total. The Hall–Kier alpha value is -0.720. The van der Waals surface area contributed by atoms with Gasteiger partial charge in [0.15, 0.2) is 5.79 Å². The summed E-state index contributed by atoms with van der Waals surface area (Å²) in [7, 11) is 0. The van der Waals surface area contributed by atoms with Crippen molar-refractivity contribution >= 4 is 15.9 Å². The van der Waals surface area contributed by atoms with Crippen LogP contribution in [0.2, 0.25) is 0 Å². The Kier molecular flexibility index (Phi) is 4.21. The molecule has 1 fully saturated rings. The molecule has 0 bridgehead atoms. The molecule has 0 aromatic heterocycles. The molecule has 1 aromatic rings. The second-order valence-corrected chi connectivity index (χ2v) is 6.74. The lowest BCUT2D eigenvalue weighted by atomic mass is 9.96. The molecule has 1 saturated heterocycles. The minimum Gasteiger partial charge on any atom is -0.387 e. The van der Waals surface area contributed by atoms with Crippen molar-refractivity contribution in [3.63, 3.8) is 0 Å². The van der Waals surface area contributed by atoms with E-state index in [-0.39, 0.29) is 6.10 Å². The molecule has 21 heavy (non-hydrogen) atoms. The maximum atomic E-state index is 10.5. The van der Waals surface area contributed by atoms with Crippen LogP contribution < -0.4 is 0 Å². The van der Waals surface area contributed by atoms with Gasteiger partial charge in [0.25, 0.3) is 0 Å². The van der Waals surface area contributed by atoms with E-state index in [4.69, 9.17) is 14.2 Å². The number of aliphatic hydroxyl groups excluding tert-OH is 1. The van der Waals surface area contributed by atoms with Gasteiger partial charge >= 0.3 is 0 Å². The van der Waals surface area contributed by atoms with E-state index in [1.54, 1.807) is 0 Å². The minimum absolute atomic E-state index is 0.272. The summed E-state index contributed by atoms with van der Waals surface area (Å²) in [5.74, 6) is -0.697. The van der Waals surface area contributed by atoms with Gasteiger partial charge in [-0.15, -0.1) is 0 Å². The van der Waals surface area contributed by atoms with Crippen LogP contribution in [-0.2, 0) is 20.8 Å². The van der Waals surface area contributed by atoms with Gasteiger partial charge in [-0.3, -0.25) is 0 Å². The highest BCUT2D eigenvalue weighted by Crippen LogP contribution is 2.40. The summed E-state index contributed by atoms with van der Waals surface area (Å²) < 4.78 is 18.3. The fourth-order valence-electron chi connectivity index (χ4n) is 2.70. The smallest absolute Gasteiger partial charge is 0.164 e. The Morgan fingerprint density at radius 2 is 1.95 bits per heavy atom. The summed E-state index contributed by atoms with van der Waals surface area (Å²) in [6.45, 7) is 4.14. The van der Waals surface area contributed by atoms with Crippen LogP contribution in [-0.4, -0.2) is 35.3 Å². The van der Waals surface area contributed by atoms with E-state index in [0.29, 0.717) is 6.61 Å². The molecule has 114 valence electrons. The number of fused-ring (bicyclic) bond motifs is 1. The van der Waals surface area contributed by atoms with Gasteiger partial charge in [0.1, 0.15) is 24.4 Å². The average molecular weight is 355 g/mol. The highest BCUT2D eigenvalue weighted by atomic mass is 79.9. The summed E-state index contributed by atoms with van der Waals surface area (Å²) >= 11 is 3.51. The van der Waals surface area contributed by atoms with Crippen LogP contribution in [0.15, 0.2) is 40.9 Å². The van der Waals surface area contributed by atoms with Gasteiger partial charge in [0.2, 0.25) is 0 Å². The number of ether oxygens (including phenoxy) is 3. The summed E-state index contributed by atoms with van der Waals surface area (Å²) in [6, 6.07) is 9.89. The molecular formula is C16H19BrO4. The quantitative estimate of drug-likeness (QED) is 0.906. The van der Waals surface area contributed by atoms with Gasteiger partial charge in [-0.25, -0.2) is 0 Å². The summed E-state index contributed by atoms with van der Waals surface area (Å²) in [5.41, 5.74) is 1.07. The fraction of sp³-hybridized carbons (Fsp3) is 0.500. The minimum atomic E-state index is -0.748. The first-order valence-electron chi connectivity index (χ1n) is 7.03. The van der Waals surface area contributed by atoms with Crippen molar-refractivity contribution in [2.75, 3.05) is 0 Å². The van der Waals surface area contributed by atoms with Crippen molar-refractivity contribution in [2.45, 2.75) is 50.7 Å². The van der Waals surface area contributed by atoms with Crippen LogP contribution >= 0.6 is 15.9 Å². The van der Waals surface area contributed by atoms with Gasteiger partial charge in [-0.2, -0.15) is 0 Å². The maximum absolute atomic E-state index is 10.5. The van der Waals surface area contributed by atoms with Crippen LogP contribution in [0.4, 0.5) is 0 Å². The summed E-state index contributed by atoms with van der Waals surface area (Å²) in [4.78, 5) is 0. The normalized spacial score (nSPS) is 34.4. The molecule has 0 radical (unpaired) electrons. The number of halogens is 1. The highest BCUT2D eigenvalue weighted by molar-refractivity contribution is 9.11. The number of aliphatic hydroxyl groups is 1. The lowest BCUT2D eigenvalue weighted by Gasteiger charge is -2.32. The van der Waals surface area contributed by atoms with Gasteiger partial charge in [-0.1, -0.05) is 46.3 Å². The Labute approximate surface area is 132 Å². The zero-order valence-electron chi connectivity index (χ0n) is 12.0. The molecule has 2 aliphatic rings. The van der Waals surface area contributed by atoms with Crippen LogP contribution in [0.5, 0.6) is 0 Å². The number of hydrogen-bond donors (Lipinski definition) is 1. The number of hydrogen-bond acceptors (Lipinski definition) is 4. The van der Waals surface area contributed by atoms with Crippen LogP contribution in [0.1, 0.15) is 19.4 Å². The van der Waals surface area contributed by atoms with Crippen LogP contribution in [0, 0.1) is 0 Å². The maximum Gasteiger partial charge on any atom is 0.164 e. The molecule has 5 heteroatoms. The predicted octanol–water partition coefficient (Wildman–Crippen LogP) is 2.75. The fourth-order valence-corrected chi connectivity index (χ4v) is 3.32. The van der Waals surface area contributed by atoms with E-state index in [9.17, 15) is 5.11 Å². The summed E-state index contributed by atoms with van der Waals surface area (Å²) in [5, 5.41) is 10.5. The van der Waals surface area contributed by atoms with Gasteiger partial charge in [0.05, 0.1) is 6.61 Å². The third-order valence-electron chi connectivity index (χ3n) is 3.68. The molecule has 0 spiro atoms. The third-order valence-corrected chi connectivity index (χ3v) is 4.40. The van der Waals surface area contributed by atoms with Crippen LogP contribution in [0.25, 0.3) is 0 Å². The zero-order chi connectivity index (χ0) is 15.0. The number of rotatable bonds is 3. The standard InChI is InChI=1S/C16H19BrO4/c1-16(2)20-14-11(17)8-12(13(18)15(14)21-16)19-9-10-6-4-3-5-7-10/h3-8,12-15,18H,9H2,1-2H3/t12-,13+,14-,15+/m1/s1. The Balaban J connectivity index is 1.70. The molecule has 0 amide bonds. The first-order chi connectivity index (χ1) is 9.96.